The van der Waals surface area contributed by atoms with Crippen molar-refractivity contribution in [1.29, 1.82) is 0 Å². The Morgan fingerprint density at radius 3 is 2.47 bits per heavy atom. The van der Waals surface area contributed by atoms with Crippen molar-refractivity contribution >= 4 is 5.91 Å². The number of likely N-dealkylation sites (tertiary alicyclic amines) is 1. The van der Waals surface area contributed by atoms with Crippen molar-refractivity contribution in [1.82, 2.24) is 9.88 Å². The molecule has 2 heterocycles. The summed E-state index contributed by atoms with van der Waals surface area (Å²) in [7, 11) is 1.61. The smallest absolute Gasteiger partial charge is 0.230 e. The summed E-state index contributed by atoms with van der Waals surface area (Å²) in [5.41, 5.74) is 1.22. The molecular weight excluding hydrogens is 376 g/mol. The SMILES string of the molecule is COOCC12CC3CC(C1)C(N1C(=O)C(C)(C)C1C1(c4ccccn4)CC1)C(C3)C2. The molecule has 0 N–H and O–H groups in total. The fourth-order valence-corrected chi connectivity index (χ4v) is 8.56. The summed E-state index contributed by atoms with van der Waals surface area (Å²) < 4.78 is 0. The zero-order valence-corrected chi connectivity index (χ0v) is 18.5. The molecule has 6 aliphatic rings. The van der Waals surface area contributed by atoms with E-state index in [-0.39, 0.29) is 22.3 Å². The Morgan fingerprint density at radius 1 is 1.13 bits per heavy atom. The second-order valence-corrected chi connectivity index (χ2v) is 11.6. The van der Waals surface area contributed by atoms with Crippen molar-refractivity contribution in [3.8, 4) is 0 Å². The van der Waals surface area contributed by atoms with E-state index in [0.29, 0.717) is 30.4 Å². The van der Waals surface area contributed by atoms with Gasteiger partial charge in [-0.3, -0.25) is 9.78 Å². The van der Waals surface area contributed by atoms with Gasteiger partial charge < -0.3 is 4.90 Å². The first-order valence-corrected chi connectivity index (χ1v) is 11.8. The Kier molecular flexibility index (Phi) is 4.03. The van der Waals surface area contributed by atoms with Crippen LogP contribution in [0.3, 0.4) is 0 Å². The highest BCUT2D eigenvalue weighted by molar-refractivity contribution is 5.91. The normalized spacial score (nSPS) is 42.3. The number of hydrogen-bond donors (Lipinski definition) is 0. The Bertz CT molecular complexity index is 833. The van der Waals surface area contributed by atoms with Crippen LogP contribution in [0.15, 0.2) is 24.4 Å². The molecule has 1 aromatic rings. The molecule has 30 heavy (non-hydrogen) atoms. The minimum absolute atomic E-state index is 0.0597. The van der Waals surface area contributed by atoms with Gasteiger partial charge in [-0.05, 0) is 94.1 Å². The Hall–Kier alpha value is -1.46. The van der Waals surface area contributed by atoms with Crippen LogP contribution >= 0.6 is 0 Å². The maximum Gasteiger partial charge on any atom is 0.230 e. The van der Waals surface area contributed by atoms with E-state index < -0.39 is 0 Å². The fourth-order valence-electron chi connectivity index (χ4n) is 8.56. The van der Waals surface area contributed by atoms with Gasteiger partial charge in [0.25, 0.3) is 0 Å². The first-order chi connectivity index (χ1) is 14.4. The molecule has 5 heteroatoms. The molecule has 1 saturated heterocycles. The average molecular weight is 411 g/mol. The second-order valence-electron chi connectivity index (χ2n) is 11.6. The van der Waals surface area contributed by atoms with Crippen LogP contribution in [-0.2, 0) is 20.0 Å². The molecule has 7 rings (SSSR count). The van der Waals surface area contributed by atoms with E-state index in [2.05, 4.69) is 30.9 Å². The quantitative estimate of drug-likeness (QED) is 0.402. The Balaban J connectivity index is 1.32. The average Bonchev–Trinajstić information content (AvgIpc) is 3.52. The molecule has 5 nitrogen and oxygen atoms in total. The number of amides is 1. The van der Waals surface area contributed by atoms with Crippen LogP contribution in [0.1, 0.15) is 64.5 Å². The monoisotopic (exact) mass is 410 g/mol. The lowest BCUT2D eigenvalue weighted by atomic mass is 9.47. The maximum atomic E-state index is 13.5. The first kappa shape index (κ1) is 19.2. The topological polar surface area (TPSA) is 51.7 Å². The standard InChI is InChI=1S/C25H34N2O3/c1-23(2)21(25(7-8-25)19-6-4-5-9-26-19)27(22(23)28)20-17-10-16-11-18(20)14-24(12-16,13-17)15-30-29-3/h4-6,9,16-18,20-21H,7-8,10-15H2,1-3H3. The number of aromatic nitrogens is 1. The van der Waals surface area contributed by atoms with Crippen molar-refractivity contribution in [2.24, 2.45) is 28.6 Å². The van der Waals surface area contributed by atoms with Gasteiger partial charge in [-0.15, -0.1) is 0 Å². The van der Waals surface area contributed by atoms with Crippen molar-refractivity contribution < 1.29 is 14.6 Å². The van der Waals surface area contributed by atoms with Crippen LogP contribution in [0.2, 0.25) is 0 Å². The van der Waals surface area contributed by atoms with Gasteiger partial charge in [0.15, 0.2) is 0 Å². The van der Waals surface area contributed by atoms with Crippen LogP contribution in [0.25, 0.3) is 0 Å². The van der Waals surface area contributed by atoms with Gasteiger partial charge in [0.05, 0.1) is 25.2 Å². The zero-order chi connectivity index (χ0) is 20.7. The lowest BCUT2D eigenvalue weighted by molar-refractivity contribution is -0.304. The van der Waals surface area contributed by atoms with E-state index >= 15 is 0 Å². The van der Waals surface area contributed by atoms with Gasteiger partial charge >= 0.3 is 0 Å². The van der Waals surface area contributed by atoms with Gasteiger partial charge in [-0.1, -0.05) is 6.07 Å². The maximum absolute atomic E-state index is 13.5. The van der Waals surface area contributed by atoms with Gasteiger partial charge in [0.2, 0.25) is 5.91 Å². The predicted octanol–water partition coefficient (Wildman–Crippen LogP) is 4.12. The minimum Gasteiger partial charge on any atom is -0.334 e. The van der Waals surface area contributed by atoms with Crippen LogP contribution < -0.4 is 0 Å². The summed E-state index contributed by atoms with van der Waals surface area (Å²) in [6.07, 6.45) is 10.4. The summed E-state index contributed by atoms with van der Waals surface area (Å²) in [6.45, 7) is 5.05. The summed E-state index contributed by atoms with van der Waals surface area (Å²) >= 11 is 0. The number of β-lactam (4-membered cyclic amide) rings is 1. The lowest BCUT2D eigenvalue weighted by Gasteiger charge is -2.68. The van der Waals surface area contributed by atoms with Crippen LogP contribution in [0.4, 0.5) is 0 Å². The third-order valence-electron chi connectivity index (χ3n) is 9.39. The Labute approximate surface area is 179 Å². The summed E-state index contributed by atoms with van der Waals surface area (Å²) in [6, 6.07) is 6.96. The van der Waals surface area contributed by atoms with E-state index in [4.69, 9.17) is 14.8 Å². The van der Waals surface area contributed by atoms with E-state index in [1.54, 1.807) is 7.11 Å². The molecule has 1 amide bonds. The molecule has 1 aliphatic heterocycles. The van der Waals surface area contributed by atoms with E-state index in [9.17, 15) is 4.79 Å². The van der Waals surface area contributed by atoms with Gasteiger partial charge in [-0.2, -0.15) is 0 Å². The third kappa shape index (κ3) is 2.48. The molecule has 4 bridgehead atoms. The molecule has 162 valence electrons. The van der Waals surface area contributed by atoms with Crippen LogP contribution in [-0.4, -0.2) is 41.6 Å². The number of hydrogen-bond acceptors (Lipinski definition) is 4. The first-order valence-electron chi connectivity index (χ1n) is 11.8. The molecule has 0 spiro atoms. The van der Waals surface area contributed by atoms with Crippen molar-refractivity contribution in [2.45, 2.75) is 76.3 Å². The summed E-state index contributed by atoms with van der Waals surface area (Å²) in [5, 5.41) is 0. The zero-order valence-electron chi connectivity index (χ0n) is 18.5. The van der Waals surface area contributed by atoms with Crippen LogP contribution in [0, 0.1) is 28.6 Å². The third-order valence-corrected chi connectivity index (χ3v) is 9.39. The molecular formula is C25H34N2O3. The molecule has 3 unspecified atom stereocenters. The molecule has 6 fully saturated rings. The number of nitrogens with zero attached hydrogens (tertiary/aromatic N) is 2. The molecule has 5 saturated carbocycles. The fraction of sp³-hybridized carbons (Fsp3) is 0.760. The van der Waals surface area contributed by atoms with E-state index in [1.165, 1.54) is 37.8 Å². The number of carbonyl (C=O) groups is 1. The van der Waals surface area contributed by atoms with Gasteiger partial charge in [-0.25, -0.2) is 9.78 Å². The van der Waals surface area contributed by atoms with Crippen molar-refractivity contribution in [2.75, 3.05) is 13.7 Å². The van der Waals surface area contributed by atoms with Gasteiger partial charge in [0.1, 0.15) is 0 Å². The predicted molar refractivity (Wildman–Crippen MR) is 112 cm³/mol. The molecule has 1 aromatic heterocycles. The van der Waals surface area contributed by atoms with E-state index in [0.717, 1.165) is 18.8 Å². The summed E-state index contributed by atoms with van der Waals surface area (Å²) in [4.78, 5) is 31.1. The summed E-state index contributed by atoms with van der Waals surface area (Å²) in [5.74, 6) is 2.39. The largest absolute Gasteiger partial charge is 0.334 e. The molecule has 5 aliphatic carbocycles. The highest BCUT2D eigenvalue weighted by Gasteiger charge is 2.71. The van der Waals surface area contributed by atoms with Crippen molar-refractivity contribution in [3.63, 3.8) is 0 Å². The number of rotatable bonds is 6. The minimum atomic E-state index is -0.292. The van der Waals surface area contributed by atoms with Crippen molar-refractivity contribution in [3.05, 3.63) is 30.1 Å². The molecule has 0 aromatic carbocycles. The molecule has 3 atom stereocenters. The van der Waals surface area contributed by atoms with Crippen LogP contribution in [0.5, 0.6) is 0 Å². The Morgan fingerprint density at radius 2 is 1.87 bits per heavy atom. The number of pyridine rings is 1. The second kappa shape index (κ2) is 6.29. The van der Waals surface area contributed by atoms with Gasteiger partial charge in [0, 0.05) is 23.3 Å². The highest BCUT2D eigenvalue weighted by Crippen LogP contribution is 2.66. The highest BCUT2D eigenvalue weighted by atomic mass is 17.2. The van der Waals surface area contributed by atoms with E-state index in [1.807, 2.05) is 12.3 Å². The molecule has 0 radical (unpaired) electrons. The number of carbonyl (C=O) groups excluding carboxylic acids is 1. The lowest BCUT2D eigenvalue weighted by Crippen LogP contribution is -2.77.